The summed E-state index contributed by atoms with van der Waals surface area (Å²) < 4.78 is 14.4. The van der Waals surface area contributed by atoms with Crippen LogP contribution in [0.1, 0.15) is 5.56 Å². The number of benzene rings is 3. The molecular formula is C26H17Br2N3O3. The Bertz CT molecular complexity index is 1580. The van der Waals surface area contributed by atoms with Gasteiger partial charge in [-0.15, -0.1) is 0 Å². The summed E-state index contributed by atoms with van der Waals surface area (Å²) in [7, 11) is 0. The molecule has 34 heavy (non-hydrogen) atoms. The standard InChI is InChI=1S/C26H17Br2N3O3/c1-2-11-33-24-19(27)12-16(13-20(24)28)15-29-31-25(23-14-17-7-3-6-10-22(17)34-23)30-21-9-5-4-8-18(21)26(31)32/h2-10,12-15H,1,11H2. The van der Waals surface area contributed by atoms with Gasteiger partial charge in [0.25, 0.3) is 5.56 Å². The van der Waals surface area contributed by atoms with Crippen LogP contribution in [-0.2, 0) is 0 Å². The van der Waals surface area contributed by atoms with Gasteiger partial charge in [-0.05, 0) is 73.8 Å². The molecule has 0 spiro atoms. The van der Waals surface area contributed by atoms with E-state index in [1.54, 1.807) is 30.5 Å². The van der Waals surface area contributed by atoms with Crippen LogP contribution in [0, 0.1) is 0 Å². The first-order valence-electron chi connectivity index (χ1n) is 10.3. The number of aromatic nitrogens is 2. The Balaban J connectivity index is 1.65. The quantitative estimate of drug-likeness (QED) is 0.164. The number of halogens is 2. The molecule has 3 aromatic carbocycles. The third-order valence-electron chi connectivity index (χ3n) is 5.09. The Kier molecular flexibility index (Phi) is 6.17. The fraction of sp³-hybridized carbons (Fsp3) is 0.0385. The largest absolute Gasteiger partial charge is 0.487 e. The van der Waals surface area contributed by atoms with Gasteiger partial charge in [-0.3, -0.25) is 4.79 Å². The molecule has 5 rings (SSSR count). The number of nitrogens with zero attached hydrogens (tertiary/aromatic N) is 3. The summed E-state index contributed by atoms with van der Waals surface area (Å²) in [5.74, 6) is 1.43. The van der Waals surface area contributed by atoms with Crippen molar-refractivity contribution < 1.29 is 9.15 Å². The molecule has 0 N–H and O–H groups in total. The Morgan fingerprint density at radius 2 is 1.79 bits per heavy atom. The first-order valence-corrected chi connectivity index (χ1v) is 11.9. The van der Waals surface area contributed by atoms with Gasteiger partial charge in [0.1, 0.15) is 17.9 Å². The highest BCUT2D eigenvalue weighted by molar-refractivity contribution is 9.11. The Labute approximate surface area is 211 Å². The van der Waals surface area contributed by atoms with E-state index in [9.17, 15) is 4.79 Å². The summed E-state index contributed by atoms with van der Waals surface area (Å²) in [5, 5.41) is 5.89. The number of fused-ring (bicyclic) bond motifs is 2. The van der Waals surface area contributed by atoms with Crippen molar-refractivity contribution in [2.45, 2.75) is 0 Å². The van der Waals surface area contributed by atoms with Crippen molar-refractivity contribution in [3.63, 3.8) is 0 Å². The van der Waals surface area contributed by atoms with Crippen molar-refractivity contribution in [2.24, 2.45) is 5.10 Å². The normalized spacial score (nSPS) is 11.5. The third-order valence-corrected chi connectivity index (χ3v) is 6.27. The van der Waals surface area contributed by atoms with Crippen molar-refractivity contribution in [1.29, 1.82) is 0 Å². The summed E-state index contributed by atoms with van der Waals surface area (Å²) in [4.78, 5) is 18.1. The van der Waals surface area contributed by atoms with E-state index in [4.69, 9.17) is 14.1 Å². The second-order valence-corrected chi connectivity index (χ2v) is 9.08. The van der Waals surface area contributed by atoms with Gasteiger partial charge in [0.2, 0.25) is 5.82 Å². The molecule has 0 unspecified atom stereocenters. The van der Waals surface area contributed by atoms with Crippen LogP contribution in [0.25, 0.3) is 33.5 Å². The van der Waals surface area contributed by atoms with Gasteiger partial charge >= 0.3 is 0 Å². The number of furan rings is 1. The molecule has 5 aromatic rings. The minimum atomic E-state index is -0.290. The molecular weight excluding hydrogens is 562 g/mol. The van der Waals surface area contributed by atoms with E-state index in [1.165, 1.54) is 4.68 Å². The molecule has 0 radical (unpaired) electrons. The van der Waals surface area contributed by atoms with Crippen molar-refractivity contribution in [3.05, 3.63) is 104 Å². The molecule has 0 fully saturated rings. The van der Waals surface area contributed by atoms with Crippen LogP contribution in [0.3, 0.4) is 0 Å². The first-order chi connectivity index (χ1) is 16.5. The predicted octanol–water partition coefficient (Wildman–Crippen LogP) is 6.78. The lowest BCUT2D eigenvalue weighted by atomic mass is 10.2. The Hall–Kier alpha value is -3.49. The highest BCUT2D eigenvalue weighted by Crippen LogP contribution is 2.34. The van der Waals surface area contributed by atoms with E-state index < -0.39 is 0 Å². The van der Waals surface area contributed by atoms with Crippen molar-refractivity contribution >= 4 is 59.9 Å². The topological polar surface area (TPSA) is 69.6 Å². The summed E-state index contributed by atoms with van der Waals surface area (Å²) in [5.41, 5.74) is 1.74. The summed E-state index contributed by atoms with van der Waals surface area (Å²) >= 11 is 7.05. The molecule has 6 nitrogen and oxygen atoms in total. The number of para-hydroxylation sites is 2. The van der Waals surface area contributed by atoms with Crippen molar-refractivity contribution in [2.75, 3.05) is 6.61 Å². The van der Waals surface area contributed by atoms with E-state index in [0.29, 0.717) is 40.4 Å². The van der Waals surface area contributed by atoms with Crippen LogP contribution >= 0.6 is 31.9 Å². The average Bonchev–Trinajstić information content (AvgIpc) is 3.27. The number of hydrogen-bond donors (Lipinski definition) is 0. The average molecular weight is 579 g/mol. The minimum absolute atomic E-state index is 0.290. The molecule has 0 aliphatic carbocycles. The Morgan fingerprint density at radius 3 is 2.56 bits per heavy atom. The molecule has 0 amide bonds. The first kappa shape index (κ1) is 22.3. The van der Waals surface area contributed by atoms with Crippen LogP contribution in [0.4, 0.5) is 0 Å². The van der Waals surface area contributed by atoms with Crippen LogP contribution in [-0.4, -0.2) is 22.5 Å². The zero-order valence-electron chi connectivity index (χ0n) is 17.7. The van der Waals surface area contributed by atoms with Gasteiger partial charge in [-0.25, -0.2) is 4.98 Å². The molecule has 2 aromatic heterocycles. The molecule has 2 heterocycles. The highest BCUT2D eigenvalue weighted by Gasteiger charge is 2.16. The zero-order chi connectivity index (χ0) is 23.7. The molecule has 0 atom stereocenters. The van der Waals surface area contributed by atoms with Crippen LogP contribution in [0.5, 0.6) is 5.75 Å². The SMILES string of the molecule is C=CCOc1c(Br)cc(C=Nn2c(-c3cc4ccccc4o3)nc3ccccc3c2=O)cc1Br. The van der Waals surface area contributed by atoms with Gasteiger partial charge in [0.05, 0.1) is 26.1 Å². The molecule has 0 aliphatic heterocycles. The molecule has 0 saturated carbocycles. The van der Waals surface area contributed by atoms with Gasteiger partial charge in [-0.1, -0.05) is 43.0 Å². The number of rotatable bonds is 6. The maximum atomic E-state index is 13.4. The van der Waals surface area contributed by atoms with Crippen molar-refractivity contribution in [3.8, 4) is 17.3 Å². The summed E-state index contributed by atoms with van der Waals surface area (Å²) in [6.07, 6.45) is 3.27. The third kappa shape index (κ3) is 4.22. The van der Waals surface area contributed by atoms with Gasteiger partial charge in [0, 0.05) is 5.39 Å². The smallest absolute Gasteiger partial charge is 0.282 e. The molecule has 8 heteroatoms. The number of hydrogen-bond acceptors (Lipinski definition) is 5. The second-order valence-electron chi connectivity index (χ2n) is 7.38. The number of ether oxygens (including phenoxy) is 1. The molecule has 168 valence electrons. The summed E-state index contributed by atoms with van der Waals surface area (Å²) in [6, 6.07) is 20.4. The minimum Gasteiger partial charge on any atom is -0.487 e. The van der Waals surface area contributed by atoms with E-state index in [0.717, 1.165) is 19.9 Å². The Morgan fingerprint density at radius 1 is 1.06 bits per heavy atom. The van der Waals surface area contributed by atoms with E-state index >= 15 is 0 Å². The highest BCUT2D eigenvalue weighted by atomic mass is 79.9. The van der Waals surface area contributed by atoms with E-state index in [-0.39, 0.29) is 5.56 Å². The van der Waals surface area contributed by atoms with E-state index in [1.807, 2.05) is 48.5 Å². The lowest BCUT2D eigenvalue weighted by Crippen LogP contribution is -2.20. The zero-order valence-corrected chi connectivity index (χ0v) is 20.9. The lowest BCUT2D eigenvalue weighted by Gasteiger charge is -2.10. The van der Waals surface area contributed by atoms with Crippen LogP contribution in [0.2, 0.25) is 0 Å². The van der Waals surface area contributed by atoms with Crippen molar-refractivity contribution in [1.82, 2.24) is 9.66 Å². The van der Waals surface area contributed by atoms with Crippen LogP contribution < -0.4 is 10.3 Å². The maximum absolute atomic E-state index is 13.4. The van der Waals surface area contributed by atoms with E-state index in [2.05, 4.69) is 43.5 Å². The van der Waals surface area contributed by atoms with Gasteiger partial charge < -0.3 is 9.15 Å². The predicted molar refractivity (Wildman–Crippen MR) is 142 cm³/mol. The summed E-state index contributed by atoms with van der Waals surface area (Å²) in [6.45, 7) is 4.05. The fourth-order valence-electron chi connectivity index (χ4n) is 3.54. The molecule has 0 saturated heterocycles. The monoisotopic (exact) mass is 577 g/mol. The van der Waals surface area contributed by atoms with Crippen LogP contribution in [0.15, 0.2) is 103 Å². The maximum Gasteiger partial charge on any atom is 0.282 e. The lowest BCUT2D eigenvalue weighted by molar-refractivity contribution is 0.358. The van der Waals surface area contributed by atoms with Gasteiger partial charge in [-0.2, -0.15) is 9.78 Å². The second kappa shape index (κ2) is 9.40. The van der Waals surface area contributed by atoms with Gasteiger partial charge in [0.15, 0.2) is 5.76 Å². The fourth-order valence-corrected chi connectivity index (χ4v) is 4.99. The molecule has 0 bridgehead atoms. The molecule has 0 aliphatic rings.